The zero-order valence-corrected chi connectivity index (χ0v) is 21.2. The average Bonchev–Trinajstić information content (AvgIpc) is 3.39. The highest BCUT2D eigenvalue weighted by atomic mass is 19.1. The van der Waals surface area contributed by atoms with E-state index in [4.69, 9.17) is 9.72 Å². The number of anilines is 4. The summed E-state index contributed by atoms with van der Waals surface area (Å²) in [5, 5.41) is 6.80. The largest absolute Gasteiger partial charge is 0.378 e. The first-order chi connectivity index (χ1) is 19.0. The van der Waals surface area contributed by atoms with Gasteiger partial charge in [0.1, 0.15) is 11.5 Å². The Morgan fingerprint density at radius 2 is 1.92 bits per heavy atom. The van der Waals surface area contributed by atoms with Crippen LogP contribution >= 0.6 is 0 Å². The molecule has 0 atom stereocenters. The molecule has 0 radical (unpaired) electrons. The van der Waals surface area contributed by atoms with E-state index in [0.29, 0.717) is 41.4 Å². The van der Waals surface area contributed by atoms with E-state index in [2.05, 4.69) is 36.6 Å². The number of nitrogens with zero attached hydrogens (tertiary/aromatic N) is 4. The molecule has 0 bridgehead atoms. The van der Waals surface area contributed by atoms with Gasteiger partial charge in [-0.1, -0.05) is 6.07 Å². The summed E-state index contributed by atoms with van der Waals surface area (Å²) >= 11 is 0. The summed E-state index contributed by atoms with van der Waals surface area (Å²) in [7, 11) is 0. The Kier molecular flexibility index (Phi) is 6.60. The van der Waals surface area contributed by atoms with Crippen LogP contribution in [-0.4, -0.2) is 52.1 Å². The number of nitrogens with one attached hydrogen (secondary N) is 3. The minimum absolute atomic E-state index is 0.327. The molecule has 6 rings (SSSR count). The van der Waals surface area contributed by atoms with Gasteiger partial charge in [0.05, 0.1) is 30.8 Å². The van der Waals surface area contributed by atoms with Crippen molar-refractivity contribution >= 4 is 39.8 Å². The van der Waals surface area contributed by atoms with Gasteiger partial charge < -0.3 is 25.3 Å². The number of halogens is 1. The molecule has 1 aliphatic rings. The van der Waals surface area contributed by atoms with E-state index in [0.717, 1.165) is 41.3 Å². The molecule has 4 heterocycles. The number of aryl methyl sites for hydroxylation is 1. The molecule has 1 fully saturated rings. The summed E-state index contributed by atoms with van der Waals surface area (Å²) in [4.78, 5) is 31.7. The lowest BCUT2D eigenvalue weighted by Crippen LogP contribution is -2.36. The maximum absolute atomic E-state index is 13.5. The highest BCUT2D eigenvalue weighted by Crippen LogP contribution is 2.27. The molecule has 196 valence electrons. The monoisotopic (exact) mass is 523 g/mol. The number of pyridine rings is 1. The molecule has 1 saturated heterocycles. The van der Waals surface area contributed by atoms with Gasteiger partial charge in [0.25, 0.3) is 5.91 Å². The molecule has 10 heteroatoms. The van der Waals surface area contributed by atoms with Crippen molar-refractivity contribution in [3.63, 3.8) is 0 Å². The van der Waals surface area contributed by atoms with Crippen molar-refractivity contribution < 1.29 is 13.9 Å². The van der Waals surface area contributed by atoms with Crippen molar-refractivity contribution in [2.24, 2.45) is 0 Å². The standard InChI is InChI=1S/C29H26FN7O2/c1-18-2-4-22(33-28(38)27-14-19-12-21(30)3-5-24(19)34-27)15-26(18)36-29-32-7-6-25(35-29)20-13-23(17-31-16-20)37-8-10-39-11-9-37/h2-7,12-17,34H,8-11H2,1H3,(H,33,38)(H,32,35,36). The normalized spacial score (nSPS) is 13.4. The molecule has 0 aliphatic carbocycles. The van der Waals surface area contributed by atoms with E-state index in [9.17, 15) is 9.18 Å². The Morgan fingerprint density at radius 1 is 1.05 bits per heavy atom. The van der Waals surface area contributed by atoms with E-state index in [1.54, 1.807) is 24.5 Å². The van der Waals surface area contributed by atoms with Gasteiger partial charge in [0, 0.05) is 53.3 Å². The number of ether oxygens (including phenoxy) is 1. The number of rotatable bonds is 6. The molecule has 0 spiro atoms. The number of hydrogen-bond acceptors (Lipinski definition) is 7. The molecule has 39 heavy (non-hydrogen) atoms. The van der Waals surface area contributed by atoms with Crippen LogP contribution < -0.4 is 15.5 Å². The molecule has 2 aromatic carbocycles. The van der Waals surface area contributed by atoms with Gasteiger partial charge in [0.2, 0.25) is 5.95 Å². The molecular weight excluding hydrogens is 497 g/mol. The van der Waals surface area contributed by atoms with Crippen molar-refractivity contribution in [1.82, 2.24) is 19.9 Å². The van der Waals surface area contributed by atoms with Gasteiger partial charge in [-0.05, 0) is 61.0 Å². The van der Waals surface area contributed by atoms with Crippen LogP contribution in [0.5, 0.6) is 0 Å². The van der Waals surface area contributed by atoms with Crippen molar-refractivity contribution in [2.75, 3.05) is 41.8 Å². The lowest BCUT2D eigenvalue weighted by molar-refractivity contribution is 0.102. The number of hydrogen-bond donors (Lipinski definition) is 3. The minimum atomic E-state index is -0.352. The topological polar surface area (TPSA) is 108 Å². The van der Waals surface area contributed by atoms with Gasteiger partial charge in [-0.15, -0.1) is 0 Å². The smallest absolute Gasteiger partial charge is 0.272 e. The summed E-state index contributed by atoms with van der Waals surface area (Å²) in [5.74, 6) is -0.254. The third kappa shape index (κ3) is 5.41. The molecule has 5 aromatic rings. The van der Waals surface area contributed by atoms with E-state index < -0.39 is 0 Å². The molecule has 0 saturated carbocycles. The molecule has 3 N–H and O–H groups in total. The quantitative estimate of drug-likeness (QED) is 0.277. The van der Waals surface area contributed by atoms with E-state index in [1.807, 2.05) is 37.4 Å². The fraction of sp³-hybridized carbons (Fsp3) is 0.172. The van der Waals surface area contributed by atoms with Gasteiger partial charge >= 0.3 is 0 Å². The molecule has 9 nitrogen and oxygen atoms in total. The number of carbonyl (C=O) groups excluding carboxylic acids is 1. The first-order valence-corrected chi connectivity index (χ1v) is 12.6. The number of H-pyrrole nitrogens is 1. The molecule has 0 unspecified atom stereocenters. The van der Waals surface area contributed by atoms with Gasteiger partial charge in [-0.3, -0.25) is 9.78 Å². The molecular formula is C29H26FN7O2. The van der Waals surface area contributed by atoms with Crippen LogP contribution in [-0.2, 0) is 4.74 Å². The third-order valence-electron chi connectivity index (χ3n) is 6.62. The number of fused-ring (bicyclic) bond motifs is 1. The predicted octanol–water partition coefficient (Wildman–Crippen LogP) is 5.30. The molecule has 3 aromatic heterocycles. The summed E-state index contributed by atoms with van der Waals surface area (Å²) in [6.45, 7) is 5.01. The fourth-order valence-corrected chi connectivity index (χ4v) is 4.52. The van der Waals surface area contributed by atoms with Gasteiger partial charge in [-0.2, -0.15) is 0 Å². The van der Waals surface area contributed by atoms with Crippen molar-refractivity contribution in [1.29, 1.82) is 0 Å². The van der Waals surface area contributed by atoms with Crippen LogP contribution in [0.2, 0.25) is 0 Å². The number of morpholine rings is 1. The predicted molar refractivity (Wildman–Crippen MR) is 149 cm³/mol. The van der Waals surface area contributed by atoms with Gasteiger partial charge in [-0.25, -0.2) is 14.4 Å². The van der Waals surface area contributed by atoms with Crippen LogP contribution in [0.4, 0.5) is 27.4 Å². The summed E-state index contributed by atoms with van der Waals surface area (Å²) in [6.07, 6.45) is 5.34. The van der Waals surface area contributed by atoms with E-state index >= 15 is 0 Å². The summed E-state index contributed by atoms with van der Waals surface area (Å²) in [5.41, 5.74) is 6.00. The average molecular weight is 524 g/mol. The number of benzene rings is 2. The van der Waals surface area contributed by atoms with Crippen LogP contribution in [0.1, 0.15) is 16.1 Å². The van der Waals surface area contributed by atoms with Gasteiger partial charge in [0.15, 0.2) is 0 Å². The van der Waals surface area contributed by atoms with E-state index in [-0.39, 0.29) is 11.7 Å². The number of aromatic nitrogens is 4. The summed E-state index contributed by atoms with van der Waals surface area (Å²) < 4.78 is 19.0. The molecule has 1 aliphatic heterocycles. The van der Waals surface area contributed by atoms with Crippen molar-refractivity contribution in [3.8, 4) is 11.3 Å². The lowest BCUT2D eigenvalue weighted by Gasteiger charge is -2.28. The number of amides is 1. The second kappa shape index (κ2) is 10.5. The second-order valence-corrected chi connectivity index (χ2v) is 9.32. The third-order valence-corrected chi connectivity index (χ3v) is 6.62. The zero-order valence-electron chi connectivity index (χ0n) is 21.2. The first-order valence-electron chi connectivity index (χ1n) is 12.6. The van der Waals surface area contributed by atoms with Crippen LogP contribution in [0.3, 0.4) is 0 Å². The Hall–Kier alpha value is -4.83. The number of carbonyl (C=O) groups is 1. The zero-order chi connectivity index (χ0) is 26.8. The highest BCUT2D eigenvalue weighted by Gasteiger charge is 2.14. The SMILES string of the molecule is Cc1ccc(NC(=O)c2cc3cc(F)ccc3[nH]2)cc1Nc1nccc(-c2cncc(N3CCOCC3)c2)n1. The Morgan fingerprint density at radius 3 is 2.79 bits per heavy atom. The van der Waals surface area contributed by atoms with E-state index in [1.165, 1.54) is 12.1 Å². The maximum Gasteiger partial charge on any atom is 0.272 e. The number of aromatic amines is 1. The van der Waals surface area contributed by atoms with Crippen LogP contribution in [0, 0.1) is 12.7 Å². The van der Waals surface area contributed by atoms with Crippen molar-refractivity contribution in [3.05, 3.63) is 90.3 Å². The lowest BCUT2D eigenvalue weighted by atomic mass is 10.1. The Labute approximate surface area is 224 Å². The highest BCUT2D eigenvalue weighted by molar-refractivity contribution is 6.06. The minimum Gasteiger partial charge on any atom is -0.378 e. The first kappa shape index (κ1) is 24.5. The fourth-order valence-electron chi connectivity index (χ4n) is 4.52. The van der Waals surface area contributed by atoms with Crippen LogP contribution in [0.15, 0.2) is 73.2 Å². The Balaban J connectivity index is 1.20. The molecule has 1 amide bonds. The van der Waals surface area contributed by atoms with Crippen molar-refractivity contribution in [2.45, 2.75) is 6.92 Å². The summed E-state index contributed by atoms with van der Waals surface area (Å²) in [6, 6.07) is 15.4. The van der Waals surface area contributed by atoms with Crippen LogP contribution in [0.25, 0.3) is 22.2 Å². The maximum atomic E-state index is 13.5. The second-order valence-electron chi connectivity index (χ2n) is 9.32. The Bertz CT molecular complexity index is 1660.